The van der Waals surface area contributed by atoms with Crippen molar-refractivity contribution in [3.05, 3.63) is 20.8 Å². The fourth-order valence-electron chi connectivity index (χ4n) is 0.487. The number of nitriles is 1. The SMILES string of the molecule is N#CC(=O)c1cc(Br)cs1. The third-order valence-electron chi connectivity index (χ3n) is 0.893. The van der Waals surface area contributed by atoms with Crippen LogP contribution in [0.15, 0.2) is 15.9 Å². The zero-order valence-corrected chi connectivity index (χ0v) is 7.20. The molecule has 1 aromatic rings. The summed E-state index contributed by atoms with van der Waals surface area (Å²) in [6.07, 6.45) is 0. The molecule has 50 valence electrons. The number of thiophene rings is 1. The zero-order valence-electron chi connectivity index (χ0n) is 4.80. The molecule has 0 unspecified atom stereocenters. The molecular formula is C6H2BrNOS. The van der Waals surface area contributed by atoms with E-state index in [1.165, 1.54) is 11.3 Å². The van der Waals surface area contributed by atoms with Crippen LogP contribution in [0, 0.1) is 11.3 Å². The van der Waals surface area contributed by atoms with Crippen LogP contribution in [-0.2, 0) is 0 Å². The number of carbonyl (C=O) groups excluding carboxylic acids is 1. The predicted octanol–water partition coefficient (Wildman–Crippen LogP) is 2.22. The lowest BCUT2D eigenvalue weighted by Gasteiger charge is -1.77. The first-order valence-corrected chi connectivity index (χ1v) is 4.10. The number of hydrogen-bond donors (Lipinski definition) is 0. The van der Waals surface area contributed by atoms with Crippen LogP contribution in [0.25, 0.3) is 0 Å². The van der Waals surface area contributed by atoms with E-state index in [0.29, 0.717) is 4.88 Å². The van der Waals surface area contributed by atoms with Crippen molar-refractivity contribution in [3.63, 3.8) is 0 Å². The molecule has 0 saturated carbocycles. The van der Waals surface area contributed by atoms with E-state index in [0.717, 1.165) is 4.47 Å². The fourth-order valence-corrected chi connectivity index (χ4v) is 1.80. The van der Waals surface area contributed by atoms with E-state index in [2.05, 4.69) is 15.9 Å². The highest BCUT2D eigenvalue weighted by atomic mass is 79.9. The van der Waals surface area contributed by atoms with Gasteiger partial charge in [-0.25, -0.2) is 0 Å². The molecule has 0 fully saturated rings. The lowest BCUT2D eigenvalue weighted by molar-refractivity contribution is 0.105. The molecule has 0 aromatic carbocycles. The van der Waals surface area contributed by atoms with Crippen molar-refractivity contribution in [2.24, 2.45) is 0 Å². The van der Waals surface area contributed by atoms with Crippen molar-refractivity contribution in [1.82, 2.24) is 0 Å². The summed E-state index contributed by atoms with van der Waals surface area (Å²) >= 11 is 4.44. The molecule has 1 heterocycles. The molecule has 0 spiro atoms. The predicted molar refractivity (Wildman–Crippen MR) is 42.0 cm³/mol. The largest absolute Gasteiger partial charge is 0.276 e. The minimum atomic E-state index is -0.476. The summed E-state index contributed by atoms with van der Waals surface area (Å²) in [5.41, 5.74) is 0. The Hall–Kier alpha value is -0.660. The second-order valence-corrected chi connectivity index (χ2v) is 3.40. The summed E-state index contributed by atoms with van der Waals surface area (Å²) < 4.78 is 0.844. The van der Waals surface area contributed by atoms with E-state index in [9.17, 15) is 4.79 Å². The van der Waals surface area contributed by atoms with Gasteiger partial charge in [-0.3, -0.25) is 4.79 Å². The van der Waals surface area contributed by atoms with Crippen LogP contribution in [0.3, 0.4) is 0 Å². The highest BCUT2D eigenvalue weighted by Gasteiger charge is 2.05. The van der Waals surface area contributed by atoms with Gasteiger partial charge in [0.2, 0.25) is 0 Å². The lowest BCUT2D eigenvalue weighted by atomic mass is 10.3. The Balaban J connectivity index is 2.98. The Labute approximate surface area is 70.2 Å². The van der Waals surface area contributed by atoms with Gasteiger partial charge < -0.3 is 0 Å². The van der Waals surface area contributed by atoms with Gasteiger partial charge in [-0.05, 0) is 22.0 Å². The molecule has 0 N–H and O–H groups in total. The van der Waals surface area contributed by atoms with Crippen molar-refractivity contribution in [2.45, 2.75) is 0 Å². The minimum Gasteiger partial charge on any atom is -0.276 e. The average molecular weight is 216 g/mol. The number of rotatable bonds is 1. The summed E-state index contributed by atoms with van der Waals surface area (Å²) in [6, 6.07) is 3.18. The van der Waals surface area contributed by atoms with Crippen LogP contribution in [0.1, 0.15) is 9.67 Å². The molecule has 0 amide bonds. The van der Waals surface area contributed by atoms with Gasteiger partial charge in [0.05, 0.1) is 4.88 Å². The molecule has 10 heavy (non-hydrogen) atoms. The van der Waals surface area contributed by atoms with Crippen molar-refractivity contribution in [2.75, 3.05) is 0 Å². The van der Waals surface area contributed by atoms with Crippen molar-refractivity contribution < 1.29 is 4.79 Å². The average Bonchev–Trinajstić information content (AvgIpc) is 2.34. The van der Waals surface area contributed by atoms with Crippen LogP contribution < -0.4 is 0 Å². The molecule has 0 atom stereocenters. The molecule has 0 bridgehead atoms. The maximum atomic E-state index is 10.7. The number of carbonyl (C=O) groups is 1. The van der Waals surface area contributed by atoms with Crippen LogP contribution in [0.4, 0.5) is 0 Å². The van der Waals surface area contributed by atoms with Crippen molar-refractivity contribution in [1.29, 1.82) is 5.26 Å². The van der Waals surface area contributed by atoms with E-state index in [-0.39, 0.29) is 0 Å². The molecule has 1 rings (SSSR count). The fraction of sp³-hybridized carbons (Fsp3) is 0. The molecule has 1 aromatic heterocycles. The topological polar surface area (TPSA) is 40.9 Å². The highest BCUT2D eigenvalue weighted by molar-refractivity contribution is 9.10. The Morgan fingerprint density at radius 1 is 1.80 bits per heavy atom. The first kappa shape index (κ1) is 7.45. The lowest BCUT2D eigenvalue weighted by Crippen LogP contribution is -1.87. The third kappa shape index (κ3) is 1.43. The molecule has 0 aliphatic carbocycles. The summed E-state index contributed by atoms with van der Waals surface area (Å²) in [5.74, 6) is -0.476. The normalized spacial score (nSPS) is 8.80. The van der Waals surface area contributed by atoms with E-state index in [4.69, 9.17) is 5.26 Å². The number of nitrogens with zero attached hydrogens (tertiary/aromatic N) is 1. The molecule has 2 nitrogen and oxygen atoms in total. The first-order chi connectivity index (χ1) is 4.74. The third-order valence-corrected chi connectivity index (χ3v) is 2.58. The van der Waals surface area contributed by atoms with E-state index in [1.807, 2.05) is 0 Å². The molecular weight excluding hydrogens is 214 g/mol. The number of halogens is 1. The number of ketones is 1. The molecule has 0 saturated heterocycles. The van der Waals surface area contributed by atoms with E-state index >= 15 is 0 Å². The van der Waals surface area contributed by atoms with Crippen LogP contribution in [-0.4, -0.2) is 5.78 Å². The van der Waals surface area contributed by atoms with E-state index in [1.54, 1.807) is 17.5 Å². The van der Waals surface area contributed by atoms with Crippen LogP contribution in [0.5, 0.6) is 0 Å². The van der Waals surface area contributed by atoms with Crippen molar-refractivity contribution in [3.8, 4) is 6.07 Å². The Morgan fingerprint density at radius 2 is 2.50 bits per heavy atom. The monoisotopic (exact) mass is 215 g/mol. The van der Waals surface area contributed by atoms with Gasteiger partial charge in [0.15, 0.2) is 0 Å². The van der Waals surface area contributed by atoms with Gasteiger partial charge in [0.25, 0.3) is 5.78 Å². The van der Waals surface area contributed by atoms with Gasteiger partial charge >= 0.3 is 0 Å². The summed E-state index contributed by atoms with van der Waals surface area (Å²) in [4.78, 5) is 11.1. The molecule has 4 heteroatoms. The van der Waals surface area contributed by atoms with Gasteiger partial charge in [-0.1, -0.05) is 0 Å². The summed E-state index contributed by atoms with van der Waals surface area (Å²) in [5, 5.41) is 9.96. The quantitative estimate of drug-likeness (QED) is 0.533. The summed E-state index contributed by atoms with van der Waals surface area (Å²) in [7, 11) is 0. The second-order valence-electron chi connectivity index (χ2n) is 1.57. The minimum absolute atomic E-state index is 0.476. The zero-order chi connectivity index (χ0) is 7.56. The molecule has 0 aliphatic heterocycles. The molecule has 0 aliphatic rings. The maximum Gasteiger partial charge on any atom is 0.272 e. The van der Waals surface area contributed by atoms with Gasteiger partial charge in [-0.2, -0.15) is 5.26 Å². The Bertz CT molecular complexity index is 299. The number of Topliss-reactive ketones (excluding diaryl/α,β-unsaturated/α-hetero) is 1. The standard InChI is InChI=1S/C6H2BrNOS/c7-4-1-6(10-3-4)5(9)2-8/h1,3H. The number of hydrogen-bond acceptors (Lipinski definition) is 3. The van der Waals surface area contributed by atoms with Gasteiger partial charge in [0, 0.05) is 9.85 Å². The Kier molecular flexibility index (Phi) is 2.20. The van der Waals surface area contributed by atoms with E-state index < -0.39 is 5.78 Å². The molecule has 0 radical (unpaired) electrons. The summed E-state index contributed by atoms with van der Waals surface area (Å²) in [6.45, 7) is 0. The maximum absolute atomic E-state index is 10.7. The van der Waals surface area contributed by atoms with Crippen LogP contribution in [0.2, 0.25) is 0 Å². The van der Waals surface area contributed by atoms with Crippen molar-refractivity contribution >= 4 is 33.0 Å². The van der Waals surface area contributed by atoms with Gasteiger partial charge in [-0.15, -0.1) is 11.3 Å². The first-order valence-electron chi connectivity index (χ1n) is 2.42. The smallest absolute Gasteiger partial charge is 0.272 e. The Morgan fingerprint density at radius 3 is 2.90 bits per heavy atom. The second kappa shape index (κ2) is 2.95. The van der Waals surface area contributed by atoms with Gasteiger partial charge in [0.1, 0.15) is 6.07 Å². The van der Waals surface area contributed by atoms with Crippen LogP contribution >= 0.6 is 27.3 Å². The highest BCUT2D eigenvalue weighted by Crippen LogP contribution is 2.19.